The van der Waals surface area contributed by atoms with E-state index < -0.39 is 0 Å². The van der Waals surface area contributed by atoms with Crippen molar-refractivity contribution in [3.63, 3.8) is 0 Å². The van der Waals surface area contributed by atoms with E-state index in [2.05, 4.69) is 66.1 Å². The van der Waals surface area contributed by atoms with Crippen LogP contribution in [0.1, 0.15) is 12.5 Å². The van der Waals surface area contributed by atoms with Crippen LogP contribution in [0.2, 0.25) is 0 Å². The summed E-state index contributed by atoms with van der Waals surface area (Å²) in [5, 5.41) is 1.14. The summed E-state index contributed by atoms with van der Waals surface area (Å²) in [6.07, 6.45) is 0. The molecule has 0 saturated carbocycles. The number of hydrogen-bond acceptors (Lipinski definition) is 4. The fourth-order valence-corrected chi connectivity index (χ4v) is 3.49. The van der Waals surface area contributed by atoms with Gasteiger partial charge in [0.25, 0.3) is 0 Å². The topological polar surface area (TPSA) is 32.3 Å². The van der Waals surface area contributed by atoms with E-state index in [1.54, 1.807) is 0 Å². The number of nitrogens with zero attached hydrogens (tertiary/aromatic N) is 4. The summed E-state index contributed by atoms with van der Waals surface area (Å²) in [6, 6.07) is 16.8. The Morgan fingerprint density at radius 2 is 1.72 bits per heavy atom. The van der Waals surface area contributed by atoms with E-state index in [4.69, 9.17) is 9.97 Å². The minimum absolute atomic E-state index is 0.815. The molecule has 0 amide bonds. The number of para-hydroxylation sites is 1. The molecule has 0 aliphatic carbocycles. The van der Waals surface area contributed by atoms with Crippen LogP contribution >= 0.6 is 0 Å². The molecule has 2 aromatic carbocycles. The molecule has 2 heterocycles. The van der Waals surface area contributed by atoms with E-state index in [1.807, 2.05) is 6.07 Å². The van der Waals surface area contributed by atoms with Gasteiger partial charge < -0.3 is 9.80 Å². The summed E-state index contributed by atoms with van der Waals surface area (Å²) in [4.78, 5) is 14.7. The first-order chi connectivity index (χ1) is 12.2. The lowest BCUT2D eigenvalue weighted by molar-refractivity contribution is 0.271. The Kier molecular flexibility index (Phi) is 4.36. The summed E-state index contributed by atoms with van der Waals surface area (Å²) in [5.74, 6) is 1.88. The summed E-state index contributed by atoms with van der Waals surface area (Å²) in [7, 11) is 0. The van der Waals surface area contributed by atoms with Crippen LogP contribution in [-0.2, 0) is 0 Å². The quantitative estimate of drug-likeness (QED) is 0.731. The van der Waals surface area contributed by atoms with Crippen LogP contribution in [0, 0.1) is 6.92 Å². The average molecular weight is 332 g/mol. The molecule has 1 aliphatic rings. The molecule has 0 unspecified atom stereocenters. The van der Waals surface area contributed by atoms with Crippen molar-refractivity contribution in [3.8, 4) is 11.4 Å². The van der Waals surface area contributed by atoms with Gasteiger partial charge >= 0.3 is 0 Å². The summed E-state index contributed by atoms with van der Waals surface area (Å²) in [5.41, 5.74) is 3.33. The Balaban J connectivity index is 1.79. The monoisotopic (exact) mass is 332 g/mol. The maximum absolute atomic E-state index is 4.98. The Labute approximate surface area is 149 Å². The normalized spacial score (nSPS) is 15.7. The zero-order valence-corrected chi connectivity index (χ0v) is 14.9. The maximum Gasteiger partial charge on any atom is 0.162 e. The SMILES string of the molecule is CCN1CCN(c2nc(-c3cccc(C)c3)nc3ccccc23)CC1. The van der Waals surface area contributed by atoms with E-state index in [1.165, 1.54) is 5.56 Å². The third kappa shape index (κ3) is 3.22. The van der Waals surface area contributed by atoms with Crippen LogP contribution in [-0.4, -0.2) is 47.6 Å². The minimum atomic E-state index is 0.815. The number of likely N-dealkylation sites (N-methyl/N-ethyl adjacent to an activating group) is 1. The van der Waals surface area contributed by atoms with E-state index >= 15 is 0 Å². The molecular weight excluding hydrogens is 308 g/mol. The molecule has 4 nitrogen and oxygen atoms in total. The maximum atomic E-state index is 4.98. The number of aryl methyl sites for hydroxylation is 1. The van der Waals surface area contributed by atoms with Gasteiger partial charge in [-0.1, -0.05) is 42.8 Å². The van der Waals surface area contributed by atoms with Gasteiger partial charge in [-0.15, -0.1) is 0 Å². The molecule has 0 N–H and O–H groups in total. The zero-order valence-electron chi connectivity index (χ0n) is 14.9. The van der Waals surface area contributed by atoms with E-state index in [-0.39, 0.29) is 0 Å². The van der Waals surface area contributed by atoms with Crippen molar-refractivity contribution in [2.45, 2.75) is 13.8 Å². The van der Waals surface area contributed by atoms with Crippen molar-refractivity contribution in [2.24, 2.45) is 0 Å². The number of aromatic nitrogens is 2. The number of hydrogen-bond donors (Lipinski definition) is 0. The summed E-state index contributed by atoms with van der Waals surface area (Å²) < 4.78 is 0. The van der Waals surface area contributed by atoms with E-state index in [9.17, 15) is 0 Å². The van der Waals surface area contributed by atoms with Gasteiger partial charge in [-0.3, -0.25) is 0 Å². The third-order valence-electron chi connectivity index (χ3n) is 4.98. The molecule has 0 radical (unpaired) electrons. The van der Waals surface area contributed by atoms with Gasteiger partial charge in [-0.2, -0.15) is 0 Å². The second kappa shape index (κ2) is 6.81. The lowest BCUT2D eigenvalue weighted by Crippen LogP contribution is -2.46. The second-order valence-corrected chi connectivity index (χ2v) is 6.68. The molecule has 0 spiro atoms. The van der Waals surface area contributed by atoms with Gasteiger partial charge in [0.05, 0.1) is 5.52 Å². The highest BCUT2D eigenvalue weighted by molar-refractivity contribution is 5.91. The van der Waals surface area contributed by atoms with Crippen LogP contribution in [0.15, 0.2) is 48.5 Å². The van der Waals surface area contributed by atoms with Gasteiger partial charge in [0, 0.05) is 37.1 Å². The molecule has 1 aliphatic heterocycles. The van der Waals surface area contributed by atoms with Crippen molar-refractivity contribution < 1.29 is 0 Å². The third-order valence-corrected chi connectivity index (χ3v) is 4.98. The molecule has 0 atom stereocenters. The molecule has 128 valence electrons. The molecule has 1 aromatic heterocycles. The Bertz CT molecular complexity index is 882. The first-order valence-electron chi connectivity index (χ1n) is 9.05. The predicted molar refractivity (Wildman–Crippen MR) is 104 cm³/mol. The van der Waals surface area contributed by atoms with Crippen LogP contribution in [0.5, 0.6) is 0 Å². The van der Waals surface area contributed by atoms with Crippen molar-refractivity contribution in [1.82, 2.24) is 14.9 Å². The van der Waals surface area contributed by atoms with Gasteiger partial charge in [0.1, 0.15) is 5.82 Å². The Morgan fingerprint density at radius 3 is 2.48 bits per heavy atom. The fourth-order valence-electron chi connectivity index (χ4n) is 3.49. The van der Waals surface area contributed by atoms with Crippen molar-refractivity contribution in [3.05, 3.63) is 54.1 Å². The number of anilines is 1. The van der Waals surface area contributed by atoms with Crippen LogP contribution in [0.3, 0.4) is 0 Å². The molecule has 4 heteroatoms. The number of piperazine rings is 1. The smallest absolute Gasteiger partial charge is 0.162 e. The summed E-state index contributed by atoms with van der Waals surface area (Å²) in [6.45, 7) is 9.67. The largest absolute Gasteiger partial charge is 0.353 e. The average Bonchev–Trinajstić information content (AvgIpc) is 2.67. The molecule has 0 bridgehead atoms. The lowest BCUT2D eigenvalue weighted by Gasteiger charge is -2.35. The standard InChI is InChI=1S/C21H24N4/c1-3-24-11-13-25(14-12-24)21-18-9-4-5-10-19(18)22-20(23-21)17-8-6-7-16(2)15-17/h4-10,15H,3,11-14H2,1-2H3. The molecule has 1 fully saturated rings. The number of fused-ring (bicyclic) bond motifs is 1. The van der Waals surface area contributed by atoms with Crippen molar-refractivity contribution >= 4 is 16.7 Å². The van der Waals surface area contributed by atoms with Crippen molar-refractivity contribution in [2.75, 3.05) is 37.6 Å². The number of rotatable bonds is 3. The van der Waals surface area contributed by atoms with Crippen LogP contribution < -0.4 is 4.90 Å². The van der Waals surface area contributed by atoms with Crippen LogP contribution in [0.25, 0.3) is 22.3 Å². The van der Waals surface area contributed by atoms with E-state index in [0.29, 0.717) is 0 Å². The van der Waals surface area contributed by atoms with E-state index in [0.717, 1.165) is 60.8 Å². The predicted octanol–water partition coefficient (Wildman–Crippen LogP) is 3.75. The fraction of sp³-hybridized carbons (Fsp3) is 0.333. The Hall–Kier alpha value is -2.46. The van der Waals surface area contributed by atoms with Gasteiger partial charge in [-0.05, 0) is 31.7 Å². The molecule has 1 saturated heterocycles. The summed E-state index contributed by atoms with van der Waals surface area (Å²) >= 11 is 0. The highest BCUT2D eigenvalue weighted by atomic mass is 15.3. The first kappa shape index (κ1) is 16.0. The van der Waals surface area contributed by atoms with Gasteiger partial charge in [-0.25, -0.2) is 9.97 Å². The lowest BCUT2D eigenvalue weighted by atomic mass is 10.1. The van der Waals surface area contributed by atoms with Crippen molar-refractivity contribution in [1.29, 1.82) is 0 Å². The molecule has 3 aromatic rings. The zero-order chi connectivity index (χ0) is 17.2. The highest BCUT2D eigenvalue weighted by Crippen LogP contribution is 2.28. The van der Waals surface area contributed by atoms with Crippen LogP contribution in [0.4, 0.5) is 5.82 Å². The molecular formula is C21H24N4. The van der Waals surface area contributed by atoms with Gasteiger partial charge in [0.15, 0.2) is 5.82 Å². The highest BCUT2D eigenvalue weighted by Gasteiger charge is 2.20. The Morgan fingerprint density at radius 1 is 0.920 bits per heavy atom. The second-order valence-electron chi connectivity index (χ2n) is 6.68. The number of benzene rings is 2. The minimum Gasteiger partial charge on any atom is -0.353 e. The first-order valence-corrected chi connectivity index (χ1v) is 9.05. The molecule has 4 rings (SSSR count). The molecule has 25 heavy (non-hydrogen) atoms. The van der Waals surface area contributed by atoms with Gasteiger partial charge in [0.2, 0.25) is 0 Å².